The minimum Gasteiger partial charge on any atom is -0.392 e. The summed E-state index contributed by atoms with van der Waals surface area (Å²) in [6.45, 7) is 4.71. The number of H-pyrrole nitrogens is 1. The zero-order valence-electron chi connectivity index (χ0n) is 11.3. The lowest BCUT2D eigenvalue weighted by Gasteiger charge is -2.23. The van der Waals surface area contributed by atoms with Crippen molar-refractivity contribution in [2.45, 2.75) is 37.9 Å². The summed E-state index contributed by atoms with van der Waals surface area (Å²) >= 11 is 1.37. The monoisotopic (exact) mass is 316 g/mol. The van der Waals surface area contributed by atoms with Crippen molar-refractivity contribution < 1.29 is 13.5 Å². The molecule has 3 N–H and O–H groups in total. The quantitative estimate of drug-likeness (QED) is 0.759. The van der Waals surface area contributed by atoms with E-state index in [1.54, 1.807) is 32.3 Å². The van der Waals surface area contributed by atoms with Crippen molar-refractivity contribution in [3.05, 3.63) is 27.8 Å². The van der Waals surface area contributed by atoms with Crippen LogP contribution in [0.3, 0.4) is 0 Å². The summed E-state index contributed by atoms with van der Waals surface area (Å²) in [5.41, 5.74) is -0.0561. The van der Waals surface area contributed by atoms with E-state index >= 15 is 0 Å². The molecule has 110 valence electrons. The van der Waals surface area contributed by atoms with E-state index in [1.165, 1.54) is 11.3 Å². The molecule has 0 aliphatic carbocycles. The van der Waals surface area contributed by atoms with Crippen LogP contribution in [0.5, 0.6) is 0 Å². The molecule has 20 heavy (non-hydrogen) atoms. The van der Waals surface area contributed by atoms with Gasteiger partial charge >= 0.3 is 0 Å². The number of hydrogen-bond donors (Lipinski definition) is 3. The van der Waals surface area contributed by atoms with Crippen LogP contribution in [0.1, 0.15) is 30.1 Å². The van der Waals surface area contributed by atoms with Gasteiger partial charge in [-0.05, 0) is 20.8 Å². The Morgan fingerprint density at radius 3 is 2.75 bits per heavy atom. The first-order chi connectivity index (χ1) is 9.28. The molecule has 2 rings (SSSR count). The average Bonchev–Trinajstić information content (AvgIpc) is 2.95. The molecule has 0 aliphatic rings. The fourth-order valence-corrected chi connectivity index (χ4v) is 4.15. The highest BCUT2D eigenvalue weighted by atomic mass is 32.2. The summed E-state index contributed by atoms with van der Waals surface area (Å²) in [4.78, 5) is 4.13. The number of nitrogens with zero attached hydrogens (tertiary/aromatic N) is 2. The zero-order chi connectivity index (χ0) is 15.0. The number of aryl methyl sites for hydroxylation is 1. The first-order valence-electron chi connectivity index (χ1n) is 5.86. The van der Waals surface area contributed by atoms with Crippen LogP contribution in [0.2, 0.25) is 0 Å². The summed E-state index contributed by atoms with van der Waals surface area (Å²) in [5.74, 6) is 0. The van der Waals surface area contributed by atoms with Crippen molar-refractivity contribution in [2.24, 2.45) is 0 Å². The number of aromatic amines is 1. The Kier molecular flexibility index (Phi) is 3.96. The van der Waals surface area contributed by atoms with Gasteiger partial charge in [-0.2, -0.15) is 9.82 Å². The van der Waals surface area contributed by atoms with Crippen molar-refractivity contribution in [3.8, 4) is 0 Å². The Labute approximate surface area is 121 Å². The maximum atomic E-state index is 12.4. The molecule has 2 heterocycles. The first-order valence-corrected chi connectivity index (χ1v) is 8.23. The van der Waals surface area contributed by atoms with Gasteiger partial charge in [0.05, 0.1) is 12.1 Å². The molecule has 0 spiro atoms. The maximum absolute atomic E-state index is 12.4. The Morgan fingerprint density at radius 1 is 1.50 bits per heavy atom. The van der Waals surface area contributed by atoms with E-state index in [2.05, 4.69) is 19.9 Å². The number of aliphatic hydroxyl groups is 1. The second-order valence-corrected chi connectivity index (χ2v) is 7.35. The summed E-state index contributed by atoms with van der Waals surface area (Å²) in [6, 6.07) is 0. The normalized spacial score (nSPS) is 12.8. The molecule has 0 bridgehead atoms. The van der Waals surface area contributed by atoms with Gasteiger partial charge in [-0.3, -0.25) is 5.10 Å². The van der Waals surface area contributed by atoms with Crippen LogP contribution < -0.4 is 4.72 Å². The maximum Gasteiger partial charge on any atom is 0.261 e. The van der Waals surface area contributed by atoms with Crippen molar-refractivity contribution in [1.82, 2.24) is 19.9 Å². The van der Waals surface area contributed by atoms with E-state index in [4.69, 9.17) is 0 Å². The molecular formula is C11H16N4O3S2. The van der Waals surface area contributed by atoms with Gasteiger partial charge in [-0.15, -0.1) is 11.3 Å². The first kappa shape index (κ1) is 15.1. The van der Waals surface area contributed by atoms with E-state index in [-0.39, 0.29) is 10.6 Å². The third-order valence-corrected chi connectivity index (χ3v) is 5.53. The smallest absolute Gasteiger partial charge is 0.261 e. The molecule has 2 aromatic rings. The molecule has 0 unspecified atom stereocenters. The lowest BCUT2D eigenvalue weighted by Crippen LogP contribution is -2.41. The molecule has 2 aromatic heterocycles. The molecule has 0 saturated heterocycles. The number of rotatable bonds is 5. The SMILES string of the molecule is Cc1[nH]nc(S(=O)(=O)NC(C)(C)c2nccs2)c1CO. The van der Waals surface area contributed by atoms with E-state index < -0.39 is 22.2 Å². The number of thiazole rings is 1. The van der Waals surface area contributed by atoms with Gasteiger partial charge in [0.15, 0.2) is 5.03 Å². The van der Waals surface area contributed by atoms with Gasteiger partial charge in [0.1, 0.15) is 5.01 Å². The molecule has 0 aliphatic heterocycles. The highest BCUT2D eigenvalue weighted by Gasteiger charge is 2.33. The fraction of sp³-hybridized carbons (Fsp3) is 0.455. The van der Waals surface area contributed by atoms with Crippen molar-refractivity contribution in [3.63, 3.8) is 0 Å². The molecule has 9 heteroatoms. The summed E-state index contributed by atoms with van der Waals surface area (Å²) in [5, 5.41) is 17.9. The number of hydrogen-bond acceptors (Lipinski definition) is 6. The van der Waals surface area contributed by atoms with Gasteiger partial charge in [0.2, 0.25) is 0 Å². The topological polar surface area (TPSA) is 108 Å². The minimum absolute atomic E-state index is 0.179. The predicted molar refractivity (Wildman–Crippen MR) is 74.7 cm³/mol. The Morgan fingerprint density at radius 2 is 2.20 bits per heavy atom. The zero-order valence-corrected chi connectivity index (χ0v) is 13.0. The predicted octanol–water partition coefficient (Wildman–Crippen LogP) is 0.881. The molecule has 0 amide bonds. The molecule has 7 nitrogen and oxygen atoms in total. The van der Waals surface area contributed by atoms with Crippen LogP contribution in [0.25, 0.3) is 0 Å². The third-order valence-electron chi connectivity index (χ3n) is 2.81. The Balaban J connectivity index is 2.37. The van der Waals surface area contributed by atoms with Crippen molar-refractivity contribution in [2.75, 3.05) is 0 Å². The van der Waals surface area contributed by atoms with Crippen LogP contribution in [0.4, 0.5) is 0 Å². The van der Waals surface area contributed by atoms with Crippen molar-refractivity contribution >= 4 is 21.4 Å². The largest absolute Gasteiger partial charge is 0.392 e. The molecule has 0 radical (unpaired) electrons. The molecule has 0 aromatic carbocycles. The second-order valence-electron chi connectivity index (χ2n) is 4.86. The van der Waals surface area contributed by atoms with Gasteiger partial charge in [0, 0.05) is 22.8 Å². The molecule has 0 atom stereocenters. The number of nitrogens with one attached hydrogen (secondary N) is 2. The van der Waals surface area contributed by atoms with E-state index in [1.807, 2.05) is 0 Å². The van der Waals surface area contributed by atoms with Crippen LogP contribution in [0, 0.1) is 6.92 Å². The highest BCUT2D eigenvalue weighted by molar-refractivity contribution is 7.89. The third kappa shape index (κ3) is 2.75. The Bertz CT molecular complexity index is 689. The van der Waals surface area contributed by atoms with Gasteiger partial charge < -0.3 is 5.11 Å². The molecule has 0 fully saturated rings. The molecular weight excluding hydrogens is 300 g/mol. The standard InChI is InChI=1S/C11H16N4O3S2/c1-7-8(6-16)9(14-13-7)20(17,18)15-11(2,3)10-12-4-5-19-10/h4-5,15-16H,6H2,1-3H3,(H,13,14). The Hall–Kier alpha value is -1.29. The number of aliphatic hydroxyl groups excluding tert-OH is 1. The van der Waals surface area contributed by atoms with Crippen LogP contribution in [-0.4, -0.2) is 28.7 Å². The molecule has 0 saturated carbocycles. The second kappa shape index (κ2) is 5.24. The number of aromatic nitrogens is 3. The van der Waals surface area contributed by atoms with E-state index in [9.17, 15) is 13.5 Å². The van der Waals surface area contributed by atoms with Gasteiger partial charge in [0.25, 0.3) is 10.0 Å². The van der Waals surface area contributed by atoms with Crippen LogP contribution >= 0.6 is 11.3 Å². The average molecular weight is 316 g/mol. The highest BCUT2D eigenvalue weighted by Crippen LogP contribution is 2.25. The van der Waals surface area contributed by atoms with E-state index in [0.29, 0.717) is 10.7 Å². The van der Waals surface area contributed by atoms with Crippen molar-refractivity contribution in [1.29, 1.82) is 0 Å². The fourth-order valence-electron chi connectivity index (χ4n) is 1.80. The van der Waals surface area contributed by atoms with Crippen LogP contribution in [-0.2, 0) is 22.2 Å². The van der Waals surface area contributed by atoms with E-state index in [0.717, 1.165) is 0 Å². The van der Waals surface area contributed by atoms with Gasteiger partial charge in [-0.1, -0.05) is 0 Å². The summed E-state index contributed by atoms with van der Waals surface area (Å²) in [7, 11) is -3.85. The lowest BCUT2D eigenvalue weighted by molar-refractivity contribution is 0.277. The lowest BCUT2D eigenvalue weighted by atomic mass is 10.1. The number of sulfonamides is 1. The van der Waals surface area contributed by atoms with Crippen LogP contribution in [0.15, 0.2) is 16.6 Å². The summed E-state index contributed by atoms with van der Waals surface area (Å²) < 4.78 is 27.4. The minimum atomic E-state index is -3.85. The van der Waals surface area contributed by atoms with Gasteiger partial charge in [-0.25, -0.2) is 13.4 Å². The summed E-state index contributed by atoms with van der Waals surface area (Å²) in [6.07, 6.45) is 1.62.